The van der Waals surface area contributed by atoms with Crippen LogP contribution in [-0.4, -0.2) is 11.3 Å². The van der Waals surface area contributed by atoms with Crippen molar-refractivity contribution in [2.45, 2.75) is 13.8 Å². The van der Waals surface area contributed by atoms with Crippen molar-refractivity contribution in [2.24, 2.45) is 0 Å². The molecule has 56 valence electrons. The largest absolute Gasteiger partial charge is 0.355 e. The SMILES string of the molecule is C#Cc1c(C)[nH]c(C=O)c1C. The number of aldehydes is 1. The predicted octanol–water partition coefficient (Wildman–Crippen LogP) is 1.43. The van der Waals surface area contributed by atoms with E-state index in [1.165, 1.54) is 0 Å². The minimum absolute atomic E-state index is 0.579. The summed E-state index contributed by atoms with van der Waals surface area (Å²) < 4.78 is 0. The number of rotatable bonds is 1. The van der Waals surface area contributed by atoms with Crippen molar-refractivity contribution in [1.82, 2.24) is 4.98 Å². The third kappa shape index (κ3) is 1.05. The van der Waals surface area contributed by atoms with Gasteiger partial charge in [0.2, 0.25) is 0 Å². The highest BCUT2D eigenvalue weighted by molar-refractivity contribution is 5.76. The molecular weight excluding hydrogens is 138 g/mol. The molecule has 2 heteroatoms. The molecule has 0 atom stereocenters. The molecule has 0 radical (unpaired) electrons. The van der Waals surface area contributed by atoms with Crippen molar-refractivity contribution in [3.63, 3.8) is 0 Å². The Morgan fingerprint density at radius 1 is 1.55 bits per heavy atom. The molecule has 0 aliphatic heterocycles. The first-order chi connectivity index (χ1) is 5.20. The topological polar surface area (TPSA) is 32.9 Å². The molecule has 0 aromatic carbocycles. The number of nitrogens with one attached hydrogen (secondary N) is 1. The summed E-state index contributed by atoms with van der Waals surface area (Å²) in [4.78, 5) is 13.3. The predicted molar refractivity (Wildman–Crippen MR) is 43.6 cm³/mol. The van der Waals surface area contributed by atoms with Gasteiger partial charge >= 0.3 is 0 Å². The number of carbonyl (C=O) groups is 1. The highest BCUT2D eigenvalue weighted by Crippen LogP contribution is 2.14. The first-order valence-electron chi connectivity index (χ1n) is 3.31. The van der Waals surface area contributed by atoms with Crippen LogP contribution in [0.1, 0.15) is 27.3 Å². The van der Waals surface area contributed by atoms with Crippen LogP contribution < -0.4 is 0 Å². The van der Waals surface area contributed by atoms with Crippen LogP contribution in [0.15, 0.2) is 0 Å². The van der Waals surface area contributed by atoms with Gasteiger partial charge in [-0.05, 0) is 19.4 Å². The van der Waals surface area contributed by atoms with Crippen LogP contribution in [0.5, 0.6) is 0 Å². The Kier molecular flexibility index (Phi) is 1.82. The summed E-state index contributed by atoms with van der Waals surface area (Å²) in [5, 5.41) is 0. The van der Waals surface area contributed by atoms with Crippen molar-refractivity contribution >= 4 is 6.29 Å². The van der Waals surface area contributed by atoms with E-state index in [-0.39, 0.29) is 0 Å². The highest BCUT2D eigenvalue weighted by Gasteiger charge is 2.07. The number of hydrogen-bond acceptors (Lipinski definition) is 1. The van der Waals surface area contributed by atoms with Crippen LogP contribution in [0.25, 0.3) is 0 Å². The maximum atomic E-state index is 10.4. The van der Waals surface area contributed by atoms with Crippen molar-refractivity contribution in [3.8, 4) is 12.3 Å². The molecule has 1 rings (SSSR count). The molecule has 0 bridgehead atoms. The zero-order valence-electron chi connectivity index (χ0n) is 6.56. The molecule has 1 aromatic heterocycles. The molecule has 0 spiro atoms. The molecule has 0 amide bonds. The van der Waals surface area contributed by atoms with Gasteiger partial charge in [-0.3, -0.25) is 4.79 Å². The Labute approximate surface area is 65.6 Å². The van der Waals surface area contributed by atoms with E-state index in [9.17, 15) is 4.79 Å². The molecular formula is C9H9NO. The second kappa shape index (κ2) is 2.63. The molecule has 0 saturated carbocycles. The van der Waals surface area contributed by atoms with Crippen LogP contribution >= 0.6 is 0 Å². The Morgan fingerprint density at radius 2 is 2.18 bits per heavy atom. The van der Waals surface area contributed by atoms with E-state index in [1.54, 1.807) is 0 Å². The van der Waals surface area contributed by atoms with Crippen LogP contribution in [0.4, 0.5) is 0 Å². The van der Waals surface area contributed by atoms with Crippen LogP contribution in [0.3, 0.4) is 0 Å². The fourth-order valence-electron chi connectivity index (χ4n) is 1.11. The van der Waals surface area contributed by atoms with Crippen molar-refractivity contribution in [3.05, 3.63) is 22.5 Å². The number of aromatic nitrogens is 1. The smallest absolute Gasteiger partial charge is 0.166 e. The second-order valence-electron chi connectivity index (χ2n) is 2.43. The summed E-state index contributed by atoms with van der Waals surface area (Å²) in [6.45, 7) is 3.69. The van der Waals surface area contributed by atoms with Gasteiger partial charge in [0, 0.05) is 11.3 Å². The molecule has 1 N–H and O–H groups in total. The lowest BCUT2D eigenvalue weighted by atomic mass is 10.1. The number of hydrogen-bond donors (Lipinski definition) is 1. The summed E-state index contributed by atoms with van der Waals surface area (Å²) in [7, 11) is 0. The number of terminal acetylenes is 1. The lowest BCUT2D eigenvalue weighted by molar-refractivity contribution is 0.111. The lowest BCUT2D eigenvalue weighted by Crippen LogP contribution is -1.81. The van der Waals surface area contributed by atoms with E-state index < -0.39 is 0 Å². The van der Waals surface area contributed by atoms with Gasteiger partial charge in [-0.1, -0.05) is 5.92 Å². The minimum Gasteiger partial charge on any atom is -0.355 e. The Morgan fingerprint density at radius 3 is 2.45 bits per heavy atom. The van der Waals surface area contributed by atoms with Crippen molar-refractivity contribution < 1.29 is 4.79 Å². The quantitative estimate of drug-likeness (QED) is 0.473. The van der Waals surface area contributed by atoms with Gasteiger partial charge in [0.1, 0.15) is 0 Å². The van der Waals surface area contributed by atoms with E-state index >= 15 is 0 Å². The molecule has 0 saturated heterocycles. The van der Waals surface area contributed by atoms with Gasteiger partial charge in [-0.2, -0.15) is 0 Å². The summed E-state index contributed by atoms with van der Waals surface area (Å²) in [5.74, 6) is 2.53. The molecule has 1 aromatic rings. The summed E-state index contributed by atoms with van der Waals surface area (Å²) in [6, 6.07) is 0. The standard InChI is InChI=1S/C9H9NO/c1-4-8-6(2)9(5-11)10-7(8)3/h1,5,10H,2-3H3. The monoisotopic (exact) mass is 147 g/mol. The van der Waals surface area contributed by atoms with E-state index in [0.29, 0.717) is 5.69 Å². The number of carbonyl (C=O) groups excluding carboxylic acids is 1. The molecule has 0 aliphatic rings. The third-order valence-electron chi connectivity index (χ3n) is 1.74. The first kappa shape index (κ1) is 7.62. The fraction of sp³-hybridized carbons (Fsp3) is 0.222. The number of aromatic amines is 1. The Balaban J connectivity index is 3.39. The van der Waals surface area contributed by atoms with Crippen molar-refractivity contribution in [1.29, 1.82) is 0 Å². The summed E-state index contributed by atoms with van der Waals surface area (Å²) >= 11 is 0. The zero-order valence-corrected chi connectivity index (χ0v) is 6.56. The van der Waals surface area contributed by atoms with Gasteiger partial charge in [0.25, 0.3) is 0 Å². The number of aryl methyl sites for hydroxylation is 1. The number of H-pyrrole nitrogens is 1. The molecule has 11 heavy (non-hydrogen) atoms. The van der Waals surface area contributed by atoms with Crippen molar-refractivity contribution in [2.75, 3.05) is 0 Å². The molecule has 0 unspecified atom stereocenters. The first-order valence-corrected chi connectivity index (χ1v) is 3.31. The summed E-state index contributed by atoms with van der Waals surface area (Å²) in [5.41, 5.74) is 3.12. The van der Waals surface area contributed by atoms with Gasteiger partial charge in [-0.15, -0.1) is 6.42 Å². The molecule has 0 aliphatic carbocycles. The van der Waals surface area contributed by atoms with E-state index in [2.05, 4.69) is 10.9 Å². The lowest BCUT2D eigenvalue weighted by Gasteiger charge is -1.87. The zero-order chi connectivity index (χ0) is 8.43. The highest BCUT2D eigenvalue weighted by atomic mass is 16.1. The molecule has 1 heterocycles. The fourth-order valence-corrected chi connectivity index (χ4v) is 1.11. The van der Waals surface area contributed by atoms with Gasteiger partial charge in [0.05, 0.1) is 5.69 Å². The maximum Gasteiger partial charge on any atom is 0.166 e. The molecule has 0 fully saturated rings. The van der Waals surface area contributed by atoms with Crippen LogP contribution in [0, 0.1) is 26.2 Å². The van der Waals surface area contributed by atoms with Gasteiger partial charge in [0.15, 0.2) is 6.29 Å². The normalized spacial score (nSPS) is 9.18. The van der Waals surface area contributed by atoms with Gasteiger partial charge < -0.3 is 4.98 Å². The van der Waals surface area contributed by atoms with E-state index in [1.807, 2.05) is 13.8 Å². The van der Waals surface area contributed by atoms with E-state index in [0.717, 1.165) is 23.1 Å². The van der Waals surface area contributed by atoms with Crippen LogP contribution in [0.2, 0.25) is 0 Å². The van der Waals surface area contributed by atoms with Crippen LogP contribution in [-0.2, 0) is 0 Å². The molecule has 2 nitrogen and oxygen atoms in total. The third-order valence-corrected chi connectivity index (χ3v) is 1.74. The second-order valence-corrected chi connectivity index (χ2v) is 2.43. The Bertz CT molecular complexity index is 328. The average molecular weight is 147 g/mol. The summed E-state index contributed by atoms with van der Waals surface area (Å²) in [6.07, 6.45) is 6.01. The average Bonchev–Trinajstić information content (AvgIpc) is 2.26. The maximum absolute atomic E-state index is 10.4. The Hall–Kier alpha value is -1.49. The van der Waals surface area contributed by atoms with Gasteiger partial charge in [-0.25, -0.2) is 0 Å². The van der Waals surface area contributed by atoms with E-state index in [4.69, 9.17) is 6.42 Å². The minimum atomic E-state index is 0.579.